The van der Waals surface area contributed by atoms with Crippen molar-refractivity contribution in [3.63, 3.8) is 0 Å². The van der Waals surface area contributed by atoms with Crippen LogP contribution in [0.1, 0.15) is 47.4 Å². The number of fused-ring (bicyclic) bond motifs is 5. The molecule has 0 radical (unpaired) electrons. The van der Waals surface area contributed by atoms with Crippen LogP contribution in [0.4, 0.5) is 5.69 Å². The fourth-order valence-corrected chi connectivity index (χ4v) is 8.21. The molecule has 0 saturated heterocycles. The lowest BCUT2D eigenvalue weighted by Gasteiger charge is -2.38. The summed E-state index contributed by atoms with van der Waals surface area (Å²) < 4.78 is 0. The van der Waals surface area contributed by atoms with Crippen molar-refractivity contribution in [1.82, 2.24) is 5.32 Å². The molecule has 4 atom stereocenters. The van der Waals surface area contributed by atoms with Crippen molar-refractivity contribution in [2.75, 3.05) is 5.32 Å². The number of nitrogens with two attached hydrogens (primary N) is 1. The maximum absolute atomic E-state index is 6.90. The van der Waals surface area contributed by atoms with Crippen molar-refractivity contribution in [3.8, 4) is 11.1 Å². The van der Waals surface area contributed by atoms with Gasteiger partial charge in [-0.05, 0) is 90.8 Å². The highest BCUT2D eigenvalue weighted by atomic mass is 15.1. The highest BCUT2D eigenvalue weighted by Crippen LogP contribution is 2.44. The molecule has 0 fully saturated rings. The van der Waals surface area contributed by atoms with Gasteiger partial charge in [-0.15, -0.1) is 0 Å². The molecule has 0 heterocycles. The number of aliphatic imine (C=N–C) groups is 1. The second-order valence-electron chi connectivity index (χ2n) is 14.9. The number of hydrogen-bond acceptors (Lipinski definition) is 4. The van der Waals surface area contributed by atoms with E-state index in [4.69, 9.17) is 10.7 Å². The normalized spacial score (nSPS) is 17.8. The first kappa shape index (κ1) is 35.1. The first-order valence-electron chi connectivity index (χ1n) is 19.3. The van der Waals surface area contributed by atoms with Gasteiger partial charge in [-0.1, -0.05) is 182 Å². The van der Waals surface area contributed by atoms with Crippen LogP contribution in [-0.4, -0.2) is 11.8 Å². The molecule has 1 aliphatic rings. The molecule has 8 aromatic carbocycles. The lowest BCUT2D eigenvalue weighted by atomic mass is 9.74. The van der Waals surface area contributed by atoms with Crippen LogP contribution in [-0.2, 0) is 0 Å². The Morgan fingerprint density at radius 2 is 1.25 bits per heavy atom. The number of hydrogen-bond donors (Lipinski definition) is 3. The average molecular weight is 725 g/mol. The highest BCUT2D eigenvalue weighted by molar-refractivity contribution is 6.19. The van der Waals surface area contributed by atoms with Crippen LogP contribution in [0, 0.1) is 0 Å². The predicted molar refractivity (Wildman–Crippen MR) is 237 cm³/mol. The molecule has 0 aliphatic heterocycles. The van der Waals surface area contributed by atoms with Gasteiger partial charge >= 0.3 is 0 Å². The molecule has 1 aliphatic carbocycles. The minimum absolute atomic E-state index is 0.0746. The summed E-state index contributed by atoms with van der Waals surface area (Å²) in [6, 6.07) is 62.1. The summed E-state index contributed by atoms with van der Waals surface area (Å²) in [7, 11) is 0. The van der Waals surface area contributed by atoms with Crippen LogP contribution in [0.5, 0.6) is 0 Å². The number of allylic oxidation sites excluding steroid dienone is 2. The summed E-state index contributed by atoms with van der Waals surface area (Å²) in [6.07, 6.45) is 10.1. The molecule has 0 bridgehead atoms. The number of nitrogens with zero attached hydrogens (tertiary/aromatic N) is 1. The molecule has 4 nitrogen and oxygen atoms in total. The average Bonchev–Trinajstić information content (AvgIpc) is 3.25. The van der Waals surface area contributed by atoms with E-state index in [1.165, 1.54) is 43.4 Å². The largest absolute Gasteiger partial charge is 0.375 e. The van der Waals surface area contributed by atoms with Crippen molar-refractivity contribution in [1.29, 1.82) is 0 Å². The van der Waals surface area contributed by atoms with E-state index >= 15 is 0 Å². The summed E-state index contributed by atoms with van der Waals surface area (Å²) >= 11 is 0. The molecule has 4 heteroatoms. The van der Waals surface area contributed by atoms with Crippen molar-refractivity contribution in [2.45, 2.75) is 30.7 Å². The quantitative estimate of drug-likeness (QED) is 0.0747. The topological polar surface area (TPSA) is 62.4 Å². The molecule has 8 aromatic rings. The number of rotatable bonds is 10. The van der Waals surface area contributed by atoms with Gasteiger partial charge in [-0.3, -0.25) is 10.3 Å². The Kier molecular flexibility index (Phi) is 9.58. The van der Waals surface area contributed by atoms with Crippen LogP contribution in [0.25, 0.3) is 43.4 Å². The van der Waals surface area contributed by atoms with Gasteiger partial charge in [0.25, 0.3) is 0 Å². The molecule has 272 valence electrons. The minimum atomic E-state index is -0.450. The molecule has 4 N–H and O–H groups in total. The second kappa shape index (κ2) is 15.3. The van der Waals surface area contributed by atoms with Gasteiger partial charge in [0.2, 0.25) is 0 Å². The van der Waals surface area contributed by atoms with E-state index in [9.17, 15) is 0 Å². The summed E-state index contributed by atoms with van der Waals surface area (Å²) in [5, 5.41) is 15.2. The van der Waals surface area contributed by atoms with Gasteiger partial charge in [0.15, 0.2) is 0 Å². The van der Waals surface area contributed by atoms with Crippen LogP contribution in [0.3, 0.4) is 0 Å². The van der Waals surface area contributed by atoms with Gasteiger partial charge in [-0.25, -0.2) is 0 Å². The third-order valence-electron chi connectivity index (χ3n) is 11.1. The number of nitrogens with one attached hydrogen (secondary N) is 2. The van der Waals surface area contributed by atoms with Crippen LogP contribution < -0.4 is 16.4 Å². The second-order valence-corrected chi connectivity index (χ2v) is 14.9. The van der Waals surface area contributed by atoms with Gasteiger partial charge in [0.1, 0.15) is 6.17 Å². The van der Waals surface area contributed by atoms with Crippen molar-refractivity contribution in [3.05, 3.63) is 222 Å². The Labute approximate surface area is 328 Å². The molecule has 9 rings (SSSR count). The fraction of sp³-hybridized carbons (Fsp3) is 0.0962. The monoisotopic (exact) mass is 724 g/mol. The predicted octanol–water partition coefficient (Wildman–Crippen LogP) is 12.3. The van der Waals surface area contributed by atoms with Gasteiger partial charge < -0.3 is 11.1 Å². The van der Waals surface area contributed by atoms with E-state index < -0.39 is 11.7 Å². The molecular weight excluding hydrogens is 681 g/mol. The molecular formula is C52H44N4. The van der Waals surface area contributed by atoms with Crippen molar-refractivity contribution < 1.29 is 0 Å². The number of anilines is 1. The SMILES string of the molecule is CC1(Nc2ccc(C(N)NC(N=Cc3ccccc3)c3ccc(-c4ccccc4)cc3)cc2)C=CC=CC1c1cc2ccccc2c2ccc3ccccc3c12. The summed E-state index contributed by atoms with van der Waals surface area (Å²) in [6.45, 7) is 2.30. The Balaban J connectivity index is 0.994. The van der Waals surface area contributed by atoms with Gasteiger partial charge in [0.05, 0.1) is 11.7 Å². The van der Waals surface area contributed by atoms with Gasteiger partial charge in [-0.2, -0.15) is 0 Å². The molecule has 0 aromatic heterocycles. The minimum Gasteiger partial charge on any atom is -0.375 e. The van der Waals surface area contributed by atoms with Crippen LogP contribution >= 0.6 is 0 Å². The first-order chi connectivity index (χ1) is 27.5. The maximum Gasteiger partial charge on any atom is 0.127 e. The molecule has 4 unspecified atom stereocenters. The Morgan fingerprint density at radius 1 is 0.607 bits per heavy atom. The third kappa shape index (κ3) is 7.04. The lowest BCUT2D eigenvalue weighted by Crippen LogP contribution is -2.39. The van der Waals surface area contributed by atoms with E-state index in [1.54, 1.807) is 0 Å². The molecule has 0 spiro atoms. The summed E-state index contributed by atoms with van der Waals surface area (Å²) in [5.74, 6) is 0.0746. The van der Waals surface area contributed by atoms with E-state index in [-0.39, 0.29) is 12.1 Å². The number of benzene rings is 8. The zero-order valence-electron chi connectivity index (χ0n) is 31.4. The standard InChI is InChI=1S/C52H44N4/c1-52(33-13-12-22-48(52)47-34-42-19-9-10-20-44(42)46-32-29-39-18-8-11-21-45(39)49(46)47)56-43-30-27-40(28-31-43)50(53)55-51(54-35-36-14-4-2-5-15-36)41-25-23-38(24-26-41)37-16-6-3-7-17-37/h2-35,48,50-51,55-56H,53H2,1H3. The zero-order chi connectivity index (χ0) is 37.9. The third-order valence-corrected chi connectivity index (χ3v) is 11.1. The molecule has 56 heavy (non-hydrogen) atoms. The van der Waals surface area contributed by atoms with Crippen LogP contribution in [0.2, 0.25) is 0 Å². The Bertz CT molecular complexity index is 2720. The van der Waals surface area contributed by atoms with Crippen LogP contribution in [0.15, 0.2) is 205 Å². The lowest BCUT2D eigenvalue weighted by molar-refractivity contribution is 0.467. The fourth-order valence-electron chi connectivity index (χ4n) is 8.21. The highest BCUT2D eigenvalue weighted by Gasteiger charge is 2.34. The Morgan fingerprint density at radius 3 is 2.02 bits per heavy atom. The Hall–Kier alpha value is -6.59. The smallest absolute Gasteiger partial charge is 0.127 e. The summed E-state index contributed by atoms with van der Waals surface area (Å²) in [5.41, 5.74) is 14.2. The van der Waals surface area contributed by atoms with E-state index in [2.05, 4.69) is 194 Å². The molecule has 0 saturated carbocycles. The van der Waals surface area contributed by atoms with Crippen molar-refractivity contribution >= 4 is 44.2 Å². The molecule has 0 amide bonds. The first-order valence-corrected chi connectivity index (χ1v) is 19.3. The maximum atomic E-state index is 6.90. The zero-order valence-corrected chi connectivity index (χ0v) is 31.4. The van der Waals surface area contributed by atoms with E-state index in [0.717, 1.165) is 27.9 Å². The van der Waals surface area contributed by atoms with E-state index in [0.29, 0.717) is 0 Å². The van der Waals surface area contributed by atoms with Crippen molar-refractivity contribution in [2.24, 2.45) is 10.7 Å². The summed E-state index contributed by atoms with van der Waals surface area (Å²) in [4.78, 5) is 4.99. The van der Waals surface area contributed by atoms with E-state index in [1.807, 2.05) is 30.5 Å². The van der Waals surface area contributed by atoms with Gasteiger partial charge in [0, 0.05) is 17.8 Å².